The van der Waals surface area contributed by atoms with E-state index in [1.165, 1.54) is 12.3 Å². The van der Waals surface area contributed by atoms with Crippen LogP contribution in [0.2, 0.25) is 0 Å². The molecular weight excluding hydrogens is 249 g/mol. The third-order valence-corrected chi connectivity index (χ3v) is 2.82. The molecule has 1 saturated heterocycles. The van der Waals surface area contributed by atoms with E-state index in [1.54, 1.807) is 4.90 Å². The first kappa shape index (κ1) is 12.7. The Morgan fingerprint density at radius 1 is 1.44 bits per heavy atom. The fraction of sp³-hybridized carbons (Fsp3) is 0.455. The number of hydrogen-bond donors (Lipinski definition) is 1. The first-order valence-corrected chi connectivity index (χ1v) is 5.36. The molecule has 7 heteroatoms. The molecule has 0 bridgehead atoms. The van der Waals surface area contributed by atoms with E-state index in [-0.39, 0.29) is 12.3 Å². The van der Waals surface area contributed by atoms with Crippen LogP contribution in [-0.2, 0) is 11.0 Å². The van der Waals surface area contributed by atoms with Crippen molar-refractivity contribution in [3.8, 4) is 0 Å². The molecule has 2 rings (SSSR count). The lowest BCUT2D eigenvalue weighted by atomic mass is 9.96. The SMILES string of the molecule is O=C(O)CC1CN(c2ccc(C(F)(F)F)nc2)C1. The molecule has 2 heterocycles. The normalized spacial score (nSPS) is 16.5. The maximum Gasteiger partial charge on any atom is 0.433 e. The highest BCUT2D eigenvalue weighted by Gasteiger charge is 2.33. The van der Waals surface area contributed by atoms with Gasteiger partial charge in [0.05, 0.1) is 18.3 Å². The summed E-state index contributed by atoms with van der Waals surface area (Å²) in [5, 5.41) is 8.58. The molecule has 1 aliphatic heterocycles. The van der Waals surface area contributed by atoms with Crippen molar-refractivity contribution in [2.75, 3.05) is 18.0 Å². The maximum absolute atomic E-state index is 12.3. The molecule has 4 nitrogen and oxygen atoms in total. The average Bonchev–Trinajstić information content (AvgIpc) is 2.21. The Morgan fingerprint density at radius 3 is 2.56 bits per heavy atom. The summed E-state index contributed by atoms with van der Waals surface area (Å²) in [6.07, 6.45) is -3.18. The van der Waals surface area contributed by atoms with Gasteiger partial charge in [-0.15, -0.1) is 0 Å². The number of aromatic nitrogens is 1. The van der Waals surface area contributed by atoms with E-state index in [9.17, 15) is 18.0 Å². The fourth-order valence-corrected chi connectivity index (χ4v) is 1.90. The van der Waals surface area contributed by atoms with Gasteiger partial charge in [0.25, 0.3) is 0 Å². The smallest absolute Gasteiger partial charge is 0.433 e. The van der Waals surface area contributed by atoms with E-state index in [2.05, 4.69) is 4.98 Å². The van der Waals surface area contributed by atoms with Crippen molar-refractivity contribution in [2.45, 2.75) is 12.6 Å². The summed E-state index contributed by atoms with van der Waals surface area (Å²) in [4.78, 5) is 15.6. The highest BCUT2D eigenvalue weighted by Crippen LogP contribution is 2.30. The molecule has 0 saturated carbocycles. The standard InChI is InChI=1S/C11H11F3N2O2/c12-11(13,14)9-2-1-8(4-15-9)16-5-7(6-16)3-10(17)18/h1-2,4,7H,3,5-6H2,(H,17,18). The van der Waals surface area contributed by atoms with Crippen LogP contribution in [0.25, 0.3) is 0 Å². The molecule has 1 aliphatic rings. The molecule has 1 fully saturated rings. The number of anilines is 1. The number of alkyl halides is 3. The Kier molecular flexibility index (Phi) is 3.14. The Labute approximate surface area is 101 Å². The zero-order chi connectivity index (χ0) is 13.3. The van der Waals surface area contributed by atoms with Crippen molar-refractivity contribution < 1.29 is 23.1 Å². The van der Waals surface area contributed by atoms with Gasteiger partial charge in [-0.3, -0.25) is 4.79 Å². The second-order valence-electron chi connectivity index (χ2n) is 4.27. The predicted octanol–water partition coefficient (Wildman–Crippen LogP) is 2.01. The number of halogens is 3. The molecule has 0 amide bonds. The number of aliphatic carboxylic acids is 1. The third kappa shape index (κ3) is 2.72. The Morgan fingerprint density at radius 2 is 2.11 bits per heavy atom. The van der Waals surface area contributed by atoms with E-state index >= 15 is 0 Å². The largest absolute Gasteiger partial charge is 0.481 e. The van der Waals surface area contributed by atoms with E-state index in [0.29, 0.717) is 18.8 Å². The number of hydrogen-bond acceptors (Lipinski definition) is 3. The van der Waals surface area contributed by atoms with E-state index in [0.717, 1.165) is 6.07 Å². The molecule has 1 aromatic rings. The van der Waals surface area contributed by atoms with Crippen molar-refractivity contribution in [1.29, 1.82) is 0 Å². The lowest BCUT2D eigenvalue weighted by Crippen LogP contribution is -2.47. The quantitative estimate of drug-likeness (QED) is 0.903. The van der Waals surface area contributed by atoms with Crippen LogP contribution in [0, 0.1) is 5.92 Å². The van der Waals surface area contributed by atoms with Gasteiger partial charge in [0, 0.05) is 19.0 Å². The lowest BCUT2D eigenvalue weighted by molar-refractivity contribution is -0.141. The summed E-state index contributed by atoms with van der Waals surface area (Å²) < 4.78 is 36.8. The van der Waals surface area contributed by atoms with Crippen molar-refractivity contribution in [2.24, 2.45) is 5.92 Å². The monoisotopic (exact) mass is 260 g/mol. The van der Waals surface area contributed by atoms with Crippen LogP contribution >= 0.6 is 0 Å². The Bertz CT molecular complexity index is 439. The molecule has 0 aromatic carbocycles. The van der Waals surface area contributed by atoms with Gasteiger partial charge < -0.3 is 10.0 Å². The van der Waals surface area contributed by atoms with Crippen LogP contribution in [0.4, 0.5) is 18.9 Å². The summed E-state index contributed by atoms with van der Waals surface area (Å²) in [6.45, 7) is 1.08. The molecule has 0 atom stereocenters. The average molecular weight is 260 g/mol. The zero-order valence-electron chi connectivity index (χ0n) is 9.31. The van der Waals surface area contributed by atoms with Gasteiger partial charge in [0.15, 0.2) is 0 Å². The zero-order valence-corrected chi connectivity index (χ0v) is 9.31. The van der Waals surface area contributed by atoms with Crippen LogP contribution in [-0.4, -0.2) is 29.1 Å². The van der Waals surface area contributed by atoms with Crippen LogP contribution in [0.15, 0.2) is 18.3 Å². The molecule has 0 radical (unpaired) electrons. The van der Waals surface area contributed by atoms with Gasteiger partial charge in [-0.1, -0.05) is 0 Å². The molecule has 0 unspecified atom stereocenters. The minimum Gasteiger partial charge on any atom is -0.481 e. The van der Waals surface area contributed by atoms with Crippen molar-refractivity contribution >= 4 is 11.7 Å². The van der Waals surface area contributed by atoms with Crippen LogP contribution in [0.5, 0.6) is 0 Å². The second-order valence-corrected chi connectivity index (χ2v) is 4.27. The van der Waals surface area contributed by atoms with Crippen LogP contribution in [0.3, 0.4) is 0 Å². The molecule has 0 aliphatic carbocycles. The van der Waals surface area contributed by atoms with Gasteiger partial charge >= 0.3 is 12.1 Å². The highest BCUT2D eigenvalue weighted by molar-refractivity contribution is 5.67. The number of rotatable bonds is 3. The molecule has 0 spiro atoms. The molecule has 1 aromatic heterocycles. The van der Waals surface area contributed by atoms with Crippen molar-refractivity contribution in [3.05, 3.63) is 24.0 Å². The van der Waals surface area contributed by atoms with Gasteiger partial charge in [-0.25, -0.2) is 4.98 Å². The van der Waals surface area contributed by atoms with Crippen LogP contribution in [0.1, 0.15) is 12.1 Å². The van der Waals surface area contributed by atoms with Gasteiger partial charge in [-0.05, 0) is 12.1 Å². The first-order chi connectivity index (χ1) is 8.36. The van der Waals surface area contributed by atoms with Gasteiger partial charge in [0.2, 0.25) is 0 Å². The van der Waals surface area contributed by atoms with Gasteiger partial charge in [0.1, 0.15) is 5.69 Å². The molecule has 1 N–H and O–H groups in total. The summed E-state index contributed by atoms with van der Waals surface area (Å²) in [6, 6.07) is 2.28. The molecule has 18 heavy (non-hydrogen) atoms. The summed E-state index contributed by atoms with van der Waals surface area (Å²) in [7, 11) is 0. The third-order valence-electron chi connectivity index (χ3n) is 2.82. The van der Waals surface area contributed by atoms with Crippen molar-refractivity contribution in [3.63, 3.8) is 0 Å². The van der Waals surface area contributed by atoms with Gasteiger partial charge in [-0.2, -0.15) is 13.2 Å². The second kappa shape index (κ2) is 4.47. The highest BCUT2D eigenvalue weighted by atomic mass is 19.4. The lowest BCUT2D eigenvalue weighted by Gasteiger charge is -2.40. The minimum absolute atomic E-state index is 0.0600. The minimum atomic E-state index is -4.43. The number of nitrogens with zero attached hydrogens (tertiary/aromatic N) is 2. The van der Waals surface area contributed by atoms with E-state index in [1.807, 2.05) is 0 Å². The van der Waals surface area contributed by atoms with E-state index in [4.69, 9.17) is 5.11 Å². The molecular formula is C11H11F3N2O2. The van der Waals surface area contributed by atoms with Crippen LogP contribution < -0.4 is 4.90 Å². The number of carboxylic acids is 1. The topological polar surface area (TPSA) is 53.4 Å². The summed E-state index contributed by atoms with van der Waals surface area (Å²) in [5.41, 5.74) is -0.335. The number of carboxylic acid groups (broad SMARTS) is 1. The summed E-state index contributed by atoms with van der Waals surface area (Å²) >= 11 is 0. The molecule has 98 valence electrons. The predicted molar refractivity (Wildman–Crippen MR) is 57.2 cm³/mol. The summed E-state index contributed by atoms with van der Waals surface area (Å²) in [5.74, 6) is -0.796. The fourth-order valence-electron chi connectivity index (χ4n) is 1.90. The first-order valence-electron chi connectivity index (χ1n) is 5.36. The Hall–Kier alpha value is -1.79. The maximum atomic E-state index is 12.3. The number of pyridine rings is 1. The Balaban J connectivity index is 1.95. The number of carbonyl (C=O) groups is 1. The van der Waals surface area contributed by atoms with Crippen molar-refractivity contribution in [1.82, 2.24) is 4.98 Å². The van der Waals surface area contributed by atoms with E-state index < -0.39 is 17.8 Å².